The van der Waals surface area contributed by atoms with Gasteiger partial charge in [0.1, 0.15) is 6.04 Å². The van der Waals surface area contributed by atoms with E-state index in [1.165, 1.54) is 17.0 Å². The molecule has 1 saturated heterocycles. The van der Waals surface area contributed by atoms with Crippen molar-refractivity contribution in [3.63, 3.8) is 0 Å². The number of halogens is 3. The summed E-state index contributed by atoms with van der Waals surface area (Å²) in [4.78, 5) is 26.4. The highest BCUT2D eigenvalue weighted by molar-refractivity contribution is 5.94. The number of carbonyl (C=O) groups is 2. The Kier molecular flexibility index (Phi) is 4.93. The molecule has 1 aliphatic heterocycles. The highest BCUT2D eigenvalue weighted by Gasteiger charge is 2.32. The van der Waals surface area contributed by atoms with Crippen LogP contribution in [-0.2, 0) is 11.0 Å². The molecule has 1 fully saturated rings. The van der Waals surface area contributed by atoms with Crippen LogP contribution in [-0.4, -0.2) is 59.0 Å². The summed E-state index contributed by atoms with van der Waals surface area (Å²) in [6.07, 6.45) is -4.49. The highest BCUT2D eigenvalue weighted by Crippen LogP contribution is 2.29. The Labute approximate surface area is 131 Å². The Morgan fingerprint density at radius 1 is 1.17 bits per heavy atom. The van der Waals surface area contributed by atoms with Crippen LogP contribution in [0.2, 0.25) is 0 Å². The maximum absolute atomic E-state index is 12.7. The summed E-state index contributed by atoms with van der Waals surface area (Å²) in [5.41, 5.74) is -0.874. The normalized spacial score (nSPS) is 17.8. The number of carbonyl (C=O) groups excluding carboxylic acids is 1. The number of alkyl halides is 3. The van der Waals surface area contributed by atoms with E-state index in [1.54, 1.807) is 11.8 Å². The molecule has 1 atom stereocenters. The van der Waals surface area contributed by atoms with Crippen molar-refractivity contribution in [1.82, 2.24) is 9.80 Å². The minimum absolute atomic E-state index is 0.0143. The topological polar surface area (TPSA) is 60.9 Å². The summed E-state index contributed by atoms with van der Waals surface area (Å²) in [6, 6.07) is 3.67. The van der Waals surface area contributed by atoms with E-state index in [2.05, 4.69) is 0 Å². The molecular weight excluding hydrogens is 313 g/mol. The van der Waals surface area contributed by atoms with Gasteiger partial charge < -0.3 is 10.0 Å². The Morgan fingerprint density at radius 2 is 1.78 bits per heavy atom. The van der Waals surface area contributed by atoms with Crippen molar-refractivity contribution in [2.75, 3.05) is 26.2 Å². The fourth-order valence-corrected chi connectivity index (χ4v) is 2.48. The number of benzene rings is 1. The van der Waals surface area contributed by atoms with E-state index in [1.807, 2.05) is 0 Å². The average Bonchev–Trinajstić information content (AvgIpc) is 2.53. The van der Waals surface area contributed by atoms with E-state index in [0.717, 1.165) is 12.1 Å². The SMILES string of the molecule is C[C@H](C(=O)O)N1CCN(C(=O)c2cccc(C(F)(F)F)c2)CC1. The third-order valence-electron chi connectivity index (χ3n) is 3.94. The van der Waals surface area contributed by atoms with Gasteiger partial charge in [0.2, 0.25) is 0 Å². The van der Waals surface area contributed by atoms with Crippen LogP contribution in [0.1, 0.15) is 22.8 Å². The van der Waals surface area contributed by atoms with Gasteiger partial charge in [-0.25, -0.2) is 0 Å². The zero-order chi connectivity index (χ0) is 17.2. The van der Waals surface area contributed by atoms with Crippen LogP contribution in [0.4, 0.5) is 13.2 Å². The summed E-state index contributed by atoms with van der Waals surface area (Å²) < 4.78 is 38.1. The van der Waals surface area contributed by atoms with Crippen LogP contribution in [0.5, 0.6) is 0 Å². The second-order valence-electron chi connectivity index (χ2n) is 5.42. The van der Waals surface area contributed by atoms with Crippen molar-refractivity contribution < 1.29 is 27.9 Å². The Bertz CT molecular complexity index is 596. The minimum atomic E-state index is -4.49. The number of hydrogen-bond acceptors (Lipinski definition) is 3. The summed E-state index contributed by atoms with van der Waals surface area (Å²) in [5, 5.41) is 8.97. The van der Waals surface area contributed by atoms with Crippen molar-refractivity contribution in [2.24, 2.45) is 0 Å². The molecule has 2 rings (SSSR count). The third-order valence-corrected chi connectivity index (χ3v) is 3.94. The molecule has 126 valence electrons. The summed E-state index contributed by atoms with van der Waals surface area (Å²) >= 11 is 0. The molecular formula is C15H17F3N2O3. The van der Waals surface area contributed by atoms with Crippen LogP contribution in [0.3, 0.4) is 0 Å². The van der Waals surface area contributed by atoms with Gasteiger partial charge in [0, 0.05) is 31.7 Å². The van der Waals surface area contributed by atoms with Crippen molar-refractivity contribution in [1.29, 1.82) is 0 Å². The summed E-state index contributed by atoms with van der Waals surface area (Å²) in [7, 11) is 0. The number of rotatable bonds is 3. The maximum atomic E-state index is 12.7. The van der Waals surface area contributed by atoms with Gasteiger partial charge in [-0.1, -0.05) is 6.07 Å². The third kappa shape index (κ3) is 4.01. The Morgan fingerprint density at radius 3 is 2.30 bits per heavy atom. The number of carboxylic acid groups (broad SMARTS) is 1. The van der Waals surface area contributed by atoms with Crippen LogP contribution in [0.25, 0.3) is 0 Å². The molecule has 5 nitrogen and oxygen atoms in total. The van der Waals surface area contributed by atoms with Crippen molar-refractivity contribution >= 4 is 11.9 Å². The molecule has 8 heteroatoms. The number of piperazine rings is 1. The molecule has 0 bridgehead atoms. The zero-order valence-electron chi connectivity index (χ0n) is 12.5. The van der Waals surface area contributed by atoms with E-state index in [9.17, 15) is 22.8 Å². The molecule has 1 amide bonds. The Hall–Kier alpha value is -2.09. The van der Waals surface area contributed by atoms with Gasteiger partial charge in [-0.3, -0.25) is 14.5 Å². The molecule has 1 aliphatic rings. The predicted molar refractivity (Wildman–Crippen MR) is 76.0 cm³/mol. The first-order chi connectivity index (χ1) is 10.7. The monoisotopic (exact) mass is 330 g/mol. The first kappa shape index (κ1) is 17.3. The zero-order valence-corrected chi connectivity index (χ0v) is 12.5. The van der Waals surface area contributed by atoms with Gasteiger partial charge in [-0.2, -0.15) is 13.2 Å². The molecule has 0 spiro atoms. The van der Waals surface area contributed by atoms with Gasteiger partial charge >= 0.3 is 12.1 Å². The van der Waals surface area contributed by atoms with E-state index in [-0.39, 0.29) is 18.7 Å². The fourth-order valence-electron chi connectivity index (χ4n) is 2.48. The molecule has 0 aliphatic carbocycles. The lowest BCUT2D eigenvalue weighted by molar-refractivity contribution is -0.143. The first-order valence-corrected chi connectivity index (χ1v) is 7.13. The van der Waals surface area contributed by atoms with Crippen molar-refractivity contribution in [3.8, 4) is 0 Å². The van der Waals surface area contributed by atoms with E-state index < -0.39 is 29.7 Å². The Balaban J connectivity index is 2.04. The fraction of sp³-hybridized carbons (Fsp3) is 0.467. The van der Waals surface area contributed by atoms with Crippen LogP contribution < -0.4 is 0 Å². The van der Waals surface area contributed by atoms with Gasteiger partial charge in [-0.15, -0.1) is 0 Å². The van der Waals surface area contributed by atoms with Gasteiger partial charge in [0.05, 0.1) is 5.56 Å². The van der Waals surface area contributed by atoms with Gasteiger partial charge in [0.15, 0.2) is 0 Å². The quantitative estimate of drug-likeness (QED) is 0.920. The molecule has 0 unspecified atom stereocenters. The largest absolute Gasteiger partial charge is 0.480 e. The standard InChI is InChI=1S/C15H17F3N2O3/c1-10(14(22)23)19-5-7-20(8-6-19)13(21)11-3-2-4-12(9-11)15(16,17)18/h2-4,9-10H,5-8H2,1H3,(H,22,23)/t10-/m1/s1. The highest BCUT2D eigenvalue weighted by atomic mass is 19.4. The lowest BCUT2D eigenvalue weighted by Gasteiger charge is -2.36. The summed E-state index contributed by atoms with van der Waals surface area (Å²) in [6.45, 7) is 2.88. The van der Waals surface area contributed by atoms with E-state index >= 15 is 0 Å². The lowest BCUT2D eigenvalue weighted by atomic mass is 10.1. The smallest absolute Gasteiger partial charge is 0.416 e. The molecule has 1 heterocycles. The molecule has 1 aromatic rings. The van der Waals surface area contributed by atoms with Crippen molar-refractivity contribution in [2.45, 2.75) is 19.1 Å². The average molecular weight is 330 g/mol. The molecule has 1 aromatic carbocycles. The first-order valence-electron chi connectivity index (χ1n) is 7.13. The van der Waals surface area contributed by atoms with Crippen LogP contribution in [0, 0.1) is 0 Å². The predicted octanol–water partition coefficient (Wildman–Crippen LogP) is 1.94. The van der Waals surface area contributed by atoms with Gasteiger partial charge in [-0.05, 0) is 25.1 Å². The molecule has 0 radical (unpaired) electrons. The summed E-state index contributed by atoms with van der Waals surface area (Å²) in [5.74, 6) is -1.42. The van der Waals surface area contributed by atoms with Gasteiger partial charge in [0.25, 0.3) is 5.91 Å². The maximum Gasteiger partial charge on any atom is 0.416 e. The van der Waals surface area contributed by atoms with E-state index in [0.29, 0.717) is 13.1 Å². The number of aliphatic carboxylic acids is 1. The van der Waals surface area contributed by atoms with Crippen LogP contribution in [0.15, 0.2) is 24.3 Å². The minimum Gasteiger partial charge on any atom is -0.480 e. The van der Waals surface area contributed by atoms with Crippen molar-refractivity contribution in [3.05, 3.63) is 35.4 Å². The second kappa shape index (κ2) is 6.57. The van der Waals surface area contributed by atoms with E-state index in [4.69, 9.17) is 5.11 Å². The molecule has 0 aromatic heterocycles. The lowest BCUT2D eigenvalue weighted by Crippen LogP contribution is -2.53. The molecule has 23 heavy (non-hydrogen) atoms. The number of carboxylic acids is 1. The van der Waals surface area contributed by atoms with Crippen LogP contribution >= 0.6 is 0 Å². The molecule has 1 N–H and O–H groups in total. The number of nitrogens with zero attached hydrogens (tertiary/aromatic N) is 2. The number of hydrogen-bond donors (Lipinski definition) is 1. The molecule has 0 saturated carbocycles. The second-order valence-corrected chi connectivity index (χ2v) is 5.42. The number of amides is 1.